The molecule has 0 unspecified atom stereocenters. The maximum absolute atomic E-state index is 4.75. The molecule has 0 radical (unpaired) electrons. The SMILES string of the molecule is CCCCCC[C@H]1CC[C@H](c2ccc(-c3ncc([C@H]4CC[C@H](CC)CC4)cn3)cc2)CC1. The van der Waals surface area contributed by atoms with Gasteiger partial charge in [0.25, 0.3) is 0 Å². The van der Waals surface area contributed by atoms with Gasteiger partial charge in [-0.25, -0.2) is 9.97 Å². The smallest absolute Gasteiger partial charge is 0.159 e. The molecule has 0 bridgehead atoms. The summed E-state index contributed by atoms with van der Waals surface area (Å²) in [5.74, 6) is 4.20. The fourth-order valence-electron chi connectivity index (χ4n) is 6.15. The van der Waals surface area contributed by atoms with Gasteiger partial charge in [-0.2, -0.15) is 0 Å². The molecule has 0 spiro atoms. The van der Waals surface area contributed by atoms with E-state index in [0.29, 0.717) is 5.92 Å². The summed E-state index contributed by atoms with van der Waals surface area (Å²) in [4.78, 5) is 9.49. The summed E-state index contributed by atoms with van der Waals surface area (Å²) in [6, 6.07) is 9.16. The second kappa shape index (κ2) is 12.0. The van der Waals surface area contributed by atoms with Crippen LogP contribution in [-0.2, 0) is 0 Å². The van der Waals surface area contributed by atoms with Gasteiger partial charge in [0.05, 0.1) is 0 Å². The molecule has 0 amide bonds. The van der Waals surface area contributed by atoms with Gasteiger partial charge in [0.15, 0.2) is 5.82 Å². The Labute approximate surface area is 196 Å². The molecule has 174 valence electrons. The zero-order valence-electron chi connectivity index (χ0n) is 20.6. The van der Waals surface area contributed by atoms with E-state index in [-0.39, 0.29) is 0 Å². The highest BCUT2D eigenvalue weighted by atomic mass is 14.9. The van der Waals surface area contributed by atoms with Crippen molar-refractivity contribution in [3.8, 4) is 11.4 Å². The molecule has 1 heterocycles. The van der Waals surface area contributed by atoms with E-state index in [2.05, 4.69) is 50.5 Å². The van der Waals surface area contributed by atoms with Gasteiger partial charge in [0.1, 0.15) is 0 Å². The highest BCUT2D eigenvalue weighted by Crippen LogP contribution is 2.39. The number of unbranched alkanes of at least 4 members (excludes halogenated alkanes) is 3. The van der Waals surface area contributed by atoms with Crippen LogP contribution >= 0.6 is 0 Å². The van der Waals surface area contributed by atoms with Crippen LogP contribution in [0.3, 0.4) is 0 Å². The number of hydrogen-bond donors (Lipinski definition) is 0. The van der Waals surface area contributed by atoms with Crippen LogP contribution in [0.25, 0.3) is 11.4 Å². The Kier molecular flexibility index (Phi) is 8.77. The summed E-state index contributed by atoms with van der Waals surface area (Å²) < 4.78 is 0. The van der Waals surface area contributed by atoms with Crippen LogP contribution in [0.4, 0.5) is 0 Å². The quantitative estimate of drug-likeness (QED) is 0.369. The fraction of sp³-hybridized carbons (Fsp3) is 0.667. The van der Waals surface area contributed by atoms with Gasteiger partial charge < -0.3 is 0 Å². The normalized spacial score (nSPS) is 26.2. The van der Waals surface area contributed by atoms with E-state index in [9.17, 15) is 0 Å². The average Bonchev–Trinajstić information content (AvgIpc) is 2.87. The summed E-state index contributed by atoms with van der Waals surface area (Å²) in [6.07, 6.45) is 23.5. The fourth-order valence-corrected chi connectivity index (χ4v) is 6.15. The van der Waals surface area contributed by atoms with Crippen molar-refractivity contribution in [2.24, 2.45) is 11.8 Å². The zero-order chi connectivity index (χ0) is 22.2. The predicted octanol–water partition coefficient (Wildman–Crippen LogP) is 9.07. The Balaban J connectivity index is 1.28. The molecular weight excluding hydrogens is 388 g/mol. The van der Waals surface area contributed by atoms with Crippen molar-refractivity contribution in [1.82, 2.24) is 9.97 Å². The van der Waals surface area contributed by atoms with E-state index >= 15 is 0 Å². The van der Waals surface area contributed by atoms with E-state index in [4.69, 9.17) is 9.97 Å². The van der Waals surface area contributed by atoms with E-state index in [1.807, 2.05) is 0 Å². The third-order valence-corrected chi connectivity index (χ3v) is 8.52. The molecular formula is C30H44N2. The third kappa shape index (κ3) is 6.21. The first kappa shape index (κ1) is 23.5. The van der Waals surface area contributed by atoms with E-state index in [1.54, 1.807) is 0 Å². The summed E-state index contributed by atoms with van der Waals surface area (Å²) in [5, 5.41) is 0. The van der Waals surface area contributed by atoms with Crippen LogP contribution in [-0.4, -0.2) is 9.97 Å². The summed E-state index contributed by atoms with van der Waals surface area (Å²) in [5.41, 5.74) is 4.01. The molecule has 32 heavy (non-hydrogen) atoms. The van der Waals surface area contributed by atoms with Crippen LogP contribution < -0.4 is 0 Å². The van der Waals surface area contributed by atoms with Crippen LogP contribution in [0.15, 0.2) is 36.7 Å². The Morgan fingerprint density at radius 1 is 0.656 bits per heavy atom. The second-order valence-corrected chi connectivity index (χ2v) is 10.7. The maximum atomic E-state index is 4.75. The molecule has 2 nitrogen and oxygen atoms in total. The first-order valence-corrected chi connectivity index (χ1v) is 13.7. The Morgan fingerprint density at radius 3 is 1.84 bits per heavy atom. The van der Waals surface area contributed by atoms with Crippen LogP contribution in [0, 0.1) is 11.8 Å². The topological polar surface area (TPSA) is 25.8 Å². The predicted molar refractivity (Wildman–Crippen MR) is 136 cm³/mol. The van der Waals surface area contributed by atoms with Crippen molar-refractivity contribution >= 4 is 0 Å². The van der Waals surface area contributed by atoms with E-state index in [1.165, 1.54) is 101 Å². The summed E-state index contributed by atoms with van der Waals surface area (Å²) in [7, 11) is 0. The van der Waals surface area contributed by atoms with Gasteiger partial charge in [-0.1, -0.05) is 76.6 Å². The number of nitrogens with zero attached hydrogens (tertiary/aromatic N) is 2. The maximum Gasteiger partial charge on any atom is 0.159 e. The lowest BCUT2D eigenvalue weighted by Gasteiger charge is -2.29. The first-order valence-electron chi connectivity index (χ1n) is 13.7. The Hall–Kier alpha value is -1.70. The molecule has 0 atom stereocenters. The monoisotopic (exact) mass is 432 g/mol. The zero-order valence-corrected chi connectivity index (χ0v) is 20.6. The minimum absolute atomic E-state index is 0.663. The minimum atomic E-state index is 0.663. The molecule has 4 rings (SSSR count). The average molecular weight is 433 g/mol. The number of rotatable bonds is 9. The molecule has 1 aromatic carbocycles. The van der Waals surface area contributed by atoms with Gasteiger partial charge >= 0.3 is 0 Å². The second-order valence-electron chi connectivity index (χ2n) is 10.7. The van der Waals surface area contributed by atoms with E-state index < -0.39 is 0 Å². The number of hydrogen-bond acceptors (Lipinski definition) is 2. The third-order valence-electron chi connectivity index (χ3n) is 8.52. The van der Waals surface area contributed by atoms with E-state index in [0.717, 1.165) is 29.1 Å². The molecule has 2 heteroatoms. The van der Waals surface area contributed by atoms with Gasteiger partial charge in [-0.05, 0) is 86.2 Å². The molecule has 0 aliphatic heterocycles. The molecule has 0 N–H and O–H groups in total. The van der Waals surface area contributed by atoms with Crippen molar-refractivity contribution in [2.75, 3.05) is 0 Å². The van der Waals surface area contributed by atoms with Gasteiger partial charge in [-0.3, -0.25) is 0 Å². The largest absolute Gasteiger partial charge is 0.236 e. The van der Waals surface area contributed by atoms with Gasteiger partial charge in [0.2, 0.25) is 0 Å². The lowest BCUT2D eigenvalue weighted by Crippen LogP contribution is -2.13. The van der Waals surface area contributed by atoms with Crippen LogP contribution in [0.1, 0.15) is 127 Å². The lowest BCUT2D eigenvalue weighted by atomic mass is 9.77. The highest BCUT2D eigenvalue weighted by molar-refractivity contribution is 5.55. The van der Waals surface area contributed by atoms with Crippen molar-refractivity contribution in [3.05, 3.63) is 47.8 Å². The van der Waals surface area contributed by atoms with Gasteiger partial charge in [0, 0.05) is 18.0 Å². The molecule has 2 aliphatic rings. The van der Waals surface area contributed by atoms with Crippen LogP contribution in [0.5, 0.6) is 0 Å². The number of aromatic nitrogens is 2. The van der Waals surface area contributed by atoms with Gasteiger partial charge in [-0.15, -0.1) is 0 Å². The lowest BCUT2D eigenvalue weighted by molar-refractivity contribution is 0.302. The van der Waals surface area contributed by atoms with Crippen molar-refractivity contribution in [2.45, 2.75) is 116 Å². The van der Waals surface area contributed by atoms with Crippen molar-refractivity contribution < 1.29 is 0 Å². The molecule has 2 saturated carbocycles. The molecule has 2 fully saturated rings. The molecule has 2 aromatic rings. The first-order chi connectivity index (χ1) is 15.8. The number of benzene rings is 1. The van der Waals surface area contributed by atoms with Crippen molar-refractivity contribution in [1.29, 1.82) is 0 Å². The Morgan fingerprint density at radius 2 is 1.25 bits per heavy atom. The summed E-state index contributed by atoms with van der Waals surface area (Å²) in [6.45, 7) is 4.63. The summed E-state index contributed by atoms with van der Waals surface area (Å²) >= 11 is 0. The molecule has 1 aromatic heterocycles. The standard InChI is InChI=1S/C30H44N2/c1-3-5-6-7-8-24-11-15-25(16-12-24)26-17-19-28(20-18-26)30-31-21-29(22-32-30)27-13-9-23(4-2)10-14-27/h17-25,27H,3-16H2,1-2H3/t23-,24-,25-,27-. The van der Waals surface area contributed by atoms with Crippen LogP contribution in [0.2, 0.25) is 0 Å². The molecule has 0 saturated heterocycles. The highest BCUT2D eigenvalue weighted by Gasteiger charge is 2.23. The van der Waals surface area contributed by atoms with Crippen molar-refractivity contribution in [3.63, 3.8) is 0 Å². The molecule has 2 aliphatic carbocycles. The Bertz CT molecular complexity index is 779. The minimum Gasteiger partial charge on any atom is -0.236 e.